The number of anilines is 1. The van der Waals surface area contributed by atoms with Gasteiger partial charge in [-0.15, -0.1) is 0 Å². The monoisotopic (exact) mass is 334 g/mol. The molecule has 128 valence electrons. The van der Waals surface area contributed by atoms with E-state index in [4.69, 9.17) is 5.11 Å². The van der Waals surface area contributed by atoms with Gasteiger partial charge in [-0.2, -0.15) is 0 Å². The maximum absolute atomic E-state index is 11.0. The lowest BCUT2D eigenvalue weighted by Gasteiger charge is -2.28. The molecule has 4 heteroatoms. The van der Waals surface area contributed by atoms with Crippen molar-refractivity contribution in [3.8, 4) is 0 Å². The fraction of sp³-hybridized carbons (Fsp3) is 0.190. The highest BCUT2D eigenvalue weighted by Gasteiger charge is 2.13. The van der Waals surface area contributed by atoms with Crippen molar-refractivity contribution in [1.29, 1.82) is 0 Å². The third kappa shape index (κ3) is 3.64. The SMILES string of the molecule is CCNN(Cc1ccc(C(=O)O)cc1)c1c(C)ccc2ccccc12. The van der Waals surface area contributed by atoms with Crippen LogP contribution in [0.5, 0.6) is 0 Å². The molecule has 0 bridgehead atoms. The quantitative estimate of drug-likeness (QED) is 0.657. The van der Waals surface area contributed by atoms with Crippen LogP contribution < -0.4 is 10.4 Å². The fourth-order valence-corrected chi connectivity index (χ4v) is 3.06. The summed E-state index contributed by atoms with van der Waals surface area (Å²) in [7, 11) is 0. The molecule has 0 unspecified atom stereocenters. The van der Waals surface area contributed by atoms with Gasteiger partial charge in [0, 0.05) is 11.9 Å². The Bertz CT molecular complexity index is 888. The lowest BCUT2D eigenvalue weighted by molar-refractivity contribution is 0.0697. The van der Waals surface area contributed by atoms with E-state index in [1.54, 1.807) is 12.1 Å². The number of hydrogen-bond donors (Lipinski definition) is 2. The number of carbonyl (C=O) groups is 1. The molecular weight excluding hydrogens is 312 g/mol. The average Bonchev–Trinajstić information content (AvgIpc) is 2.62. The number of carboxylic acid groups (broad SMARTS) is 1. The largest absolute Gasteiger partial charge is 0.478 e. The summed E-state index contributed by atoms with van der Waals surface area (Å²) in [5.74, 6) is -0.903. The van der Waals surface area contributed by atoms with E-state index in [0.717, 1.165) is 17.8 Å². The van der Waals surface area contributed by atoms with Crippen LogP contribution in [0.25, 0.3) is 10.8 Å². The van der Waals surface area contributed by atoms with E-state index >= 15 is 0 Å². The Labute approximate surface area is 147 Å². The van der Waals surface area contributed by atoms with Crippen LogP contribution in [0, 0.1) is 6.92 Å². The number of fused-ring (bicyclic) bond motifs is 1. The molecule has 3 rings (SSSR count). The molecule has 2 N–H and O–H groups in total. The number of nitrogens with one attached hydrogen (secondary N) is 1. The van der Waals surface area contributed by atoms with Crippen molar-refractivity contribution >= 4 is 22.4 Å². The van der Waals surface area contributed by atoms with Crippen molar-refractivity contribution in [2.45, 2.75) is 20.4 Å². The van der Waals surface area contributed by atoms with Crippen LogP contribution in [0.3, 0.4) is 0 Å². The first-order chi connectivity index (χ1) is 12.1. The Hall–Kier alpha value is -2.85. The van der Waals surface area contributed by atoms with E-state index in [1.807, 2.05) is 18.2 Å². The van der Waals surface area contributed by atoms with Crippen molar-refractivity contribution in [2.75, 3.05) is 11.6 Å². The zero-order chi connectivity index (χ0) is 17.8. The van der Waals surface area contributed by atoms with Crippen molar-refractivity contribution in [1.82, 2.24) is 5.43 Å². The number of rotatable bonds is 6. The molecule has 0 spiro atoms. The lowest BCUT2D eigenvalue weighted by Crippen LogP contribution is -2.38. The molecule has 0 amide bonds. The second-order valence-corrected chi connectivity index (χ2v) is 6.05. The zero-order valence-electron chi connectivity index (χ0n) is 14.5. The van der Waals surface area contributed by atoms with E-state index in [2.05, 4.69) is 54.6 Å². The summed E-state index contributed by atoms with van der Waals surface area (Å²) in [6, 6.07) is 19.7. The third-order valence-corrected chi connectivity index (χ3v) is 4.26. The molecular formula is C21H22N2O2. The Morgan fingerprint density at radius 2 is 1.76 bits per heavy atom. The highest BCUT2D eigenvalue weighted by atomic mass is 16.4. The van der Waals surface area contributed by atoms with Crippen molar-refractivity contribution < 1.29 is 9.90 Å². The van der Waals surface area contributed by atoms with E-state index in [-0.39, 0.29) is 0 Å². The molecule has 3 aromatic carbocycles. The van der Waals surface area contributed by atoms with Crippen LogP contribution in [0.1, 0.15) is 28.4 Å². The smallest absolute Gasteiger partial charge is 0.335 e. The molecule has 0 heterocycles. The van der Waals surface area contributed by atoms with Gasteiger partial charge in [-0.05, 0) is 35.6 Å². The van der Waals surface area contributed by atoms with Crippen LogP contribution in [0.2, 0.25) is 0 Å². The first-order valence-electron chi connectivity index (χ1n) is 8.41. The fourth-order valence-electron chi connectivity index (χ4n) is 3.06. The van der Waals surface area contributed by atoms with Gasteiger partial charge < -0.3 is 10.1 Å². The average molecular weight is 334 g/mol. The van der Waals surface area contributed by atoms with E-state index in [0.29, 0.717) is 12.1 Å². The molecule has 0 aromatic heterocycles. The standard InChI is InChI=1S/C21H22N2O2/c1-3-22-23(14-16-9-12-18(13-10-16)21(24)25)20-15(2)8-11-17-6-4-5-7-19(17)20/h4-13,22H,3,14H2,1-2H3,(H,24,25). The number of hydrogen-bond acceptors (Lipinski definition) is 3. The maximum Gasteiger partial charge on any atom is 0.335 e. The predicted molar refractivity (Wildman–Crippen MR) is 102 cm³/mol. The van der Waals surface area contributed by atoms with Gasteiger partial charge in [-0.3, -0.25) is 0 Å². The normalized spacial score (nSPS) is 10.8. The van der Waals surface area contributed by atoms with Gasteiger partial charge in [0.15, 0.2) is 0 Å². The molecule has 0 aliphatic rings. The Morgan fingerprint density at radius 3 is 2.44 bits per heavy atom. The molecule has 0 fully saturated rings. The summed E-state index contributed by atoms with van der Waals surface area (Å²) in [5.41, 5.74) is 7.15. The highest BCUT2D eigenvalue weighted by Crippen LogP contribution is 2.30. The molecule has 0 saturated carbocycles. The van der Waals surface area contributed by atoms with Crippen LogP contribution in [-0.2, 0) is 6.54 Å². The summed E-state index contributed by atoms with van der Waals surface area (Å²) in [4.78, 5) is 11.0. The molecule has 25 heavy (non-hydrogen) atoms. The van der Waals surface area contributed by atoms with E-state index < -0.39 is 5.97 Å². The molecule has 3 aromatic rings. The molecule has 4 nitrogen and oxygen atoms in total. The van der Waals surface area contributed by atoms with E-state index in [1.165, 1.54) is 16.3 Å². The van der Waals surface area contributed by atoms with Crippen LogP contribution in [-0.4, -0.2) is 17.6 Å². The van der Waals surface area contributed by atoms with Gasteiger partial charge in [0.2, 0.25) is 0 Å². The van der Waals surface area contributed by atoms with Crippen molar-refractivity contribution in [2.24, 2.45) is 0 Å². The maximum atomic E-state index is 11.0. The van der Waals surface area contributed by atoms with Crippen molar-refractivity contribution in [3.05, 3.63) is 77.4 Å². The van der Waals surface area contributed by atoms with Gasteiger partial charge in [0.1, 0.15) is 0 Å². The number of aromatic carboxylic acids is 1. The molecule has 0 saturated heterocycles. The van der Waals surface area contributed by atoms with Gasteiger partial charge in [-0.1, -0.05) is 55.5 Å². The van der Waals surface area contributed by atoms with Crippen LogP contribution >= 0.6 is 0 Å². The van der Waals surface area contributed by atoms with Gasteiger partial charge in [0.05, 0.1) is 17.8 Å². The van der Waals surface area contributed by atoms with Crippen molar-refractivity contribution in [3.63, 3.8) is 0 Å². The number of benzene rings is 3. The second-order valence-electron chi connectivity index (χ2n) is 6.05. The Morgan fingerprint density at radius 1 is 1.04 bits per heavy atom. The Balaban J connectivity index is 1.99. The minimum absolute atomic E-state index is 0.306. The number of hydrazine groups is 1. The third-order valence-electron chi connectivity index (χ3n) is 4.26. The number of nitrogens with zero attached hydrogens (tertiary/aromatic N) is 1. The molecule has 0 aliphatic heterocycles. The van der Waals surface area contributed by atoms with Gasteiger partial charge in [0.25, 0.3) is 0 Å². The Kier molecular flexibility index (Phi) is 5.00. The number of aryl methyl sites for hydroxylation is 1. The van der Waals surface area contributed by atoms with Crippen LogP contribution in [0.15, 0.2) is 60.7 Å². The lowest BCUT2D eigenvalue weighted by atomic mass is 10.0. The summed E-state index contributed by atoms with van der Waals surface area (Å²) < 4.78 is 0. The summed E-state index contributed by atoms with van der Waals surface area (Å²) in [5, 5.41) is 13.6. The van der Waals surface area contributed by atoms with E-state index in [9.17, 15) is 4.79 Å². The first-order valence-corrected chi connectivity index (χ1v) is 8.41. The minimum atomic E-state index is -0.903. The topological polar surface area (TPSA) is 52.6 Å². The predicted octanol–water partition coefficient (Wildman–Crippen LogP) is 4.38. The minimum Gasteiger partial charge on any atom is -0.478 e. The molecule has 0 atom stereocenters. The summed E-state index contributed by atoms with van der Waals surface area (Å²) in [6.07, 6.45) is 0. The van der Waals surface area contributed by atoms with Gasteiger partial charge >= 0.3 is 5.97 Å². The van der Waals surface area contributed by atoms with Crippen LogP contribution in [0.4, 0.5) is 5.69 Å². The molecule has 0 radical (unpaired) electrons. The second kappa shape index (κ2) is 7.36. The zero-order valence-corrected chi connectivity index (χ0v) is 14.5. The summed E-state index contributed by atoms with van der Waals surface area (Å²) >= 11 is 0. The summed E-state index contributed by atoms with van der Waals surface area (Å²) in [6.45, 7) is 5.64. The highest BCUT2D eigenvalue weighted by molar-refractivity contribution is 5.95. The first kappa shape index (κ1) is 17.0. The van der Waals surface area contributed by atoms with Gasteiger partial charge in [-0.25, -0.2) is 10.2 Å². The molecule has 0 aliphatic carbocycles. The number of carboxylic acids is 1.